The third kappa shape index (κ3) is 6.16. The molecule has 5 aromatic rings. The van der Waals surface area contributed by atoms with E-state index >= 15 is 0 Å². The van der Waals surface area contributed by atoms with E-state index in [1.165, 1.54) is 72.3 Å². The van der Waals surface area contributed by atoms with Crippen LogP contribution in [-0.2, 0) is 33.8 Å². The molecule has 7 rings (SSSR count). The van der Waals surface area contributed by atoms with Crippen LogP contribution in [0.5, 0.6) is 0 Å². The molecule has 0 amide bonds. The summed E-state index contributed by atoms with van der Waals surface area (Å²) in [5.74, 6) is 0. The van der Waals surface area contributed by atoms with Gasteiger partial charge in [0.25, 0.3) is 0 Å². The fraction of sp³-hybridized carbons (Fsp3) is 0.314. The zero-order valence-corrected chi connectivity index (χ0v) is 37.2. The molecule has 5 aromatic carbocycles. The normalized spacial score (nSPS) is 18.1. The first kappa shape index (κ1) is 36.7. The zero-order valence-electron chi connectivity index (χ0n) is 33.6. The second kappa shape index (κ2) is 12.2. The Morgan fingerprint density at radius 3 is 1.37 bits per heavy atom. The fourth-order valence-corrected chi connectivity index (χ4v) is 34.3. The van der Waals surface area contributed by atoms with Crippen LogP contribution in [0.3, 0.4) is 0 Å². The summed E-state index contributed by atoms with van der Waals surface area (Å²) in [4.78, 5) is 0. The van der Waals surface area contributed by atoms with Crippen molar-refractivity contribution in [3.05, 3.63) is 165 Å². The average molecular weight is 851 g/mol. The van der Waals surface area contributed by atoms with Gasteiger partial charge in [0.05, 0.1) is 0 Å². The van der Waals surface area contributed by atoms with Crippen LogP contribution in [0, 0.1) is 13.8 Å². The van der Waals surface area contributed by atoms with E-state index in [-0.39, 0.29) is 10.8 Å². The number of fused-ring (bicyclic) bond motifs is 2. The average Bonchev–Trinajstić information content (AvgIpc) is 3.74. The molecule has 0 N–H and O–H groups in total. The van der Waals surface area contributed by atoms with Gasteiger partial charge in [-0.2, -0.15) is 0 Å². The molecule has 2 unspecified atom stereocenters. The molecule has 0 saturated heterocycles. The minimum atomic E-state index is -4.76. The Morgan fingerprint density at radius 1 is 0.519 bits per heavy atom. The molecule has 0 heterocycles. The third-order valence-electron chi connectivity index (χ3n) is 13.2. The molecular weight excluding hydrogens is 791 g/mol. The molecule has 2 aliphatic carbocycles. The summed E-state index contributed by atoms with van der Waals surface area (Å²) in [6.45, 7) is 18.4. The molecule has 0 nitrogen and oxygen atoms in total. The van der Waals surface area contributed by atoms with Gasteiger partial charge < -0.3 is 0 Å². The summed E-state index contributed by atoms with van der Waals surface area (Å²) >= 11 is -4.76. The first-order valence-corrected chi connectivity index (χ1v) is 36.5. The summed E-state index contributed by atoms with van der Waals surface area (Å²) in [6, 6.07) is 39.6. The molecule has 0 spiro atoms. The van der Waals surface area contributed by atoms with Crippen LogP contribution in [0.4, 0.5) is 0 Å². The van der Waals surface area contributed by atoms with E-state index in [1.54, 1.807) is 0 Å². The molecule has 0 aliphatic heterocycles. The van der Waals surface area contributed by atoms with Crippen molar-refractivity contribution in [1.82, 2.24) is 0 Å². The summed E-state index contributed by atoms with van der Waals surface area (Å²) < 4.78 is 11.9. The Kier molecular flexibility index (Phi) is 8.59. The Balaban J connectivity index is 1.40. The molecule has 0 bridgehead atoms. The second-order valence-electron chi connectivity index (χ2n) is 20.3. The van der Waals surface area contributed by atoms with Gasteiger partial charge in [0.2, 0.25) is 0 Å². The fourth-order valence-electron chi connectivity index (χ4n) is 9.70. The van der Waals surface area contributed by atoms with Crippen molar-refractivity contribution in [3.63, 3.8) is 0 Å². The van der Waals surface area contributed by atoms with E-state index in [0.717, 1.165) is 6.42 Å². The SMILES string of the molecule is Cc1cc(C(C)(C)C)ccc1-c1cccc2c1C=C[CH]2[Hf]([CH3])([CH3])([CH3])(=[CH]Cc1ccccc1)[CH]1C=Cc2c(-c3ccc(C(C)(C)C)cc3C)cccc21. The molecule has 1 heteroatoms. The molecule has 0 fully saturated rings. The van der Waals surface area contributed by atoms with Gasteiger partial charge in [0.15, 0.2) is 0 Å². The Labute approximate surface area is 312 Å². The van der Waals surface area contributed by atoms with Gasteiger partial charge >= 0.3 is 314 Å². The standard InChI is InChI=1S/2C20H21.C8H8.3CH3.Hf/c2*1-14-13-16(20(2,3)4)11-12-17(14)19-10-6-8-15-7-5-9-18(15)19;1-2-8-6-4-3-5-7-8;;;;/h2*5-13H,1-4H3;1,3-7H,2H2;3*1H3;. The van der Waals surface area contributed by atoms with E-state index in [0.29, 0.717) is 7.35 Å². The van der Waals surface area contributed by atoms with E-state index in [1.807, 2.05) is 0 Å². The van der Waals surface area contributed by atoms with Crippen molar-refractivity contribution in [1.29, 1.82) is 0 Å². The zero-order chi connectivity index (χ0) is 37.3. The number of aryl methyl sites for hydroxylation is 2. The van der Waals surface area contributed by atoms with Crippen LogP contribution in [0.1, 0.15) is 99.0 Å². The van der Waals surface area contributed by atoms with Crippen LogP contribution in [0.2, 0.25) is 14.0 Å². The van der Waals surface area contributed by atoms with Gasteiger partial charge in [-0.1, -0.05) is 0 Å². The minimum absolute atomic E-state index is 0.126. The molecule has 0 saturated carbocycles. The van der Waals surface area contributed by atoms with Gasteiger partial charge in [-0.3, -0.25) is 0 Å². The molecular formula is C51H59Hf. The molecule has 0 radical (unpaired) electrons. The number of allylic oxidation sites excluding steroid dienone is 2. The van der Waals surface area contributed by atoms with E-state index < -0.39 is 16.5 Å². The first-order valence-electron chi connectivity index (χ1n) is 19.5. The van der Waals surface area contributed by atoms with Gasteiger partial charge in [-0.25, -0.2) is 0 Å². The van der Waals surface area contributed by atoms with Crippen molar-refractivity contribution in [2.24, 2.45) is 0 Å². The predicted molar refractivity (Wildman–Crippen MR) is 228 cm³/mol. The van der Waals surface area contributed by atoms with Crippen molar-refractivity contribution in [2.45, 2.75) is 94.0 Å². The van der Waals surface area contributed by atoms with Crippen molar-refractivity contribution in [2.75, 3.05) is 0 Å². The molecule has 267 valence electrons. The maximum absolute atomic E-state index is 4.76. The third-order valence-corrected chi connectivity index (χ3v) is 42.3. The van der Waals surface area contributed by atoms with E-state index in [4.69, 9.17) is 0 Å². The summed E-state index contributed by atoms with van der Waals surface area (Å²) in [5.41, 5.74) is 18.3. The molecule has 2 atom stereocenters. The topological polar surface area (TPSA) is 0 Å². The summed E-state index contributed by atoms with van der Waals surface area (Å²) in [6.07, 6.45) is 11.2. The van der Waals surface area contributed by atoms with Gasteiger partial charge in [-0.05, 0) is 0 Å². The number of benzene rings is 5. The van der Waals surface area contributed by atoms with Crippen LogP contribution >= 0.6 is 0 Å². The van der Waals surface area contributed by atoms with Crippen LogP contribution < -0.4 is 0 Å². The van der Waals surface area contributed by atoms with Gasteiger partial charge in [-0.15, -0.1) is 0 Å². The van der Waals surface area contributed by atoms with Crippen LogP contribution in [0.25, 0.3) is 34.4 Å². The number of hydrogen-bond donors (Lipinski definition) is 0. The second-order valence-corrected chi connectivity index (χ2v) is 59.3. The van der Waals surface area contributed by atoms with Crippen molar-refractivity contribution in [3.8, 4) is 22.3 Å². The Bertz CT molecular complexity index is 2220. The first-order chi connectivity index (χ1) is 24.3. The maximum atomic E-state index is 2.88. The molecule has 0 aromatic heterocycles. The monoisotopic (exact) mass is 851 g/mol. The quantitative estimate of drug-likeness (QED) is 0.149. The van der Waals surface area contributed by atoms with E-state index in [2.05, 4.69) is 201 Å². The van der Waals surface area contributed by atoms with Crippen molar-refractivity contribution >= 4 is 15.9 Å². The van der Waals surface area contributed by atoms with Crippen molar-refractivity contribution < 1.29 is 16.5 Å². The summed E-state index contributed by atoms with van der Waals surface area (Å²) in [5, 5.41) is 0. The number of rotatable bonds is 6. The molecule has 52 heavy (non-hydrogen) atoms. The van der Waals surface area contributed by atoms with Crippen LogP contribution in [0.15, 0.2) is 115 Å². The van der Waals surface area contributed by atoms with Gasteiger partial charge in [0.1, 0.15) is 0 Å². The summed E-state index contributed by atoms with van der Waals surface area (Å²) in [7, 11) is 0. The molecule has 2 aliphatic rings. The van der Waals surface area contributed by atoms with Crippen LogP contribution in [-0.4, -0.2) is 3.76 Å². The Morgan fingerprint density at radius 2 is 0.962 bits per heavy atom. The van der Waals surface area contributed by atoms with E-state index in [9.17, 15) is 0 Å². The number of hydrogen-bond acceptors (Lipinski definition) is 0. The Hall–Kier alpha value is -3.68. The van der Waals surface area contributed by atoms with Gasteiger partial charge in [0, 0.05) is 0 Å². The predicted octanol–water partition coefficient (Wildman–Crippen LogP) is 14.5.